The quantitative estimate of drug-likeness (QED) is 0.635. The van der Waals surface area contributed by atoms with Crippen molar-refractivity contribution in [2.75, 3.05) is 33.2 Å². The molecular weight excluding hydrogens is 178 g/mol. The maximum atomic E-state index is 11.8. The van der Waals surface area contributed by atoms with Gasteiger partial charge < -0.3 is 10.2 Å². The number of nitrogens with one attached hydrogen (secondary N) is 1. The molecule has 0 unspecified atom stereocenters. The maximum absolute atomic E-state index is 11.8. The first-order valence-electron chi connectivity index (χ1n) is 5.43. The van der Waals surface area contributed by atoms with Crippen LogP contribution in [0.2, 0.25) is 0 Å². The van der Waals surface area contributed by atoms with Crippen molar-refractivity contribution in [2.24, 2.45) is 0 Å². The van der Waals surface area contributed by atoms with Crippen LogP contribution in [0.4, 0.5) is 0 Å². The molecule has 0 aliphatic carbocycles. The molecule has 1 amide bonds. The van der Waals surface area contributed by atoms with Gasteiger partial charge in [-0.25, -0.2) is 0 Å². The van der Waals surface area contributed by atoms with E-state index in [1.54, 1.807) is 0 Å². The molecule has 1 N–H and O–H groups in total. The van der Waals surface area contributed by atoms with Crippen LogP contribution in [0.25, 0.3) is 0 Å². The monoisotopic (exact) mass is 197 g/mol. The van der Waals surface area contributed by atoms with Crippen LogP contribution in [0.15, 0.2) is 0 Å². The third-order valence-corrected chi connectivity index (χ3v) is 3.61. The van der Waals surface area contributed by atoms with Crippen molar-refractivity contribution < 1.29 is 4.79 Å². The zero-order valence-corrected chi connectivity index (χ0v) is 9.05. The van der Waals surface area contributed by atoms with E-state index in [4.69, 9.17) is 0 Å². The summed E-state index contributed by atoms with van der Waals surface area (Å²) < 4.78 is 0. The second kappa shape index (κ2) is 3.51. The fourth-order valence-electron chi connectivity index (χ4n) is 2.82. The van der Waals surface area contributed by atoms with Gasteiger partial charge in [-0.2, -0.15) is 0 Å². The van der Waals surface area contributed by atoms with E-state index in [1.165, 1.54) is 0 Å². The normalized spacial score (nSPS) is 27.6. The number of carbonyl (C=O) groups is 1. The Morgan fingerprint density at radius 3 is 2.64 bits per heavy atom. The lowest BCUT2D eigenvalue weighted by atomic mass is 9.96. The van der Waals surface area contributed by atoms with E-state index in [2.05, 4.69) is 24.2 Å². The number of hydrogen-bond acceptors (Lipinski definition) is 3. The number of likely N-dealkylation sites (N-methyl/N-ethyl adjacent to an activating group) is 2. The molecule has 4 nitrogen and oxygen atoms in total. The number of nitrogens with zero attached hydrogens (tertiary/aromatic N) is 2. The van der Waals surface area contributed by atoms with Crippen molar-refractivity contribution in [3.05, 3.63) is 0 Å². The molecule has 0 atom stereocenters. The van der Waals surface area contributed by atoms with E-state index < -0.39 is 0 Å². The van der Waals surface area contributed by atoms with Crippen molar-refractivity contribution in [1.82, 2.24) is 15.1 Å². The van der Waals surface area contributed by atoms with Gasteiger partial charge in [0.05, 0.1) is 12.2 Å². The summed E-state index contributed by atoms with van der Waals surface area (Å²) in [7, 11) is 2.07. The van der Waals surface area contributed by atoms with Crippen molar-refractivity contribution in [1.29, 1.82) is 0 Å². The maximum Gasteiger partial charge on any atom is 0.238 e. The molecule has 2 heterocycles. The average molecular weight is 197 g/mol. The van der Waals surface area contributed by atoms with Crippen LogP contribution in [0.5, 0.6) is 0 Å². The summed E-state index contributed by atoms with van der Waals surface area (Å²) in [5.41, 5.74) is 0.0249. The lowest BCUT2D eigenvalue weighted by Gasteiger charge is -2.45. The first-order valence-corrected chi connectivity index (χ1v) is 5.43. The number of carbonyl (C=O) groups excluding carboxylic acids is 1. The molecule has 0 aromatic rings. The molecule has 0 radical (unpaired) electrons. The van der Waals surface area contributed by atoms with Gasteiger partial charge in [0.2, 0.25) is 5.91 Å². The summed E-state index contributed by atoms with van der Waals surface area (Å²) in [5.74, 6) is 0.289. The number of piperidine rings is 1. The average Bonchev–Trinajstić information content (AvgIpc) is 2.40. The standard InChI is InChI=1S/C10H19N3O/c1-3-13-9(14)8-12(2)10(13)4-6-11-7-5-10/h11H,3-8H2,1-2H3. The first-order chi connectivity index (χ1) is 6.70. The third-order valence-electron chi connectivity index (χ3n) is 3.61. The number of hydrogen-bond donors (Lipinski definition) is 1. The van der Waals surface area contributed by atoms with Crippen LogP contribution < -0.4 is 5.32 Å². The van der Waals surface area contributed by atoms with Gasteiger partial charge in [0, 0.05) is 6.54 Å². The van der Waals surface area contributed by atoms with Crippen LogP contribution in [0.3, 0.4) is 0 Å². The summed E-state index contributed by atoms with van der Waals surface area (Å²) in [5, 5.41) is 3.35. The third kappa shape index (κ3) is 1.25. The molecule has 2 fully saturated rings. The summed E-state index contributed by atoms with van der Waals surface area (Å²) in [6.07, 6.45) is 2.12. The van der Waals surface area contributed by atoms with Crippen molar-refractivity contribution >= 4 is 5.91 Å². The van der Waals surface area contributed by atoms with Gasteiger partial charge in [-0.3, -0.25) is 9.69 Å². The number of rotatable bonds is 1. The minimum atomic E-state index is 0.0249. The lowest BCUT2D eigenvalue weighted by Crippen LogP contribution is -2.58. The molecule has 0 bridgehead atoms. The van der Waals surface area contributed by atoms with Crippen LogP contribution in [-0.4, -0.2) is 54.6 Å². The highest BCUT2D eigenvalue weighted by atomic mass is 16.2. The van der Waals surface area contributed by atoms with Crippen molar-refractivity contribution in [3.63, 3.8) is 0 Å². The van der Waals surface area contributed by atoms with E-state index in [1.807, 2.05) is 4.90 Å². The Morgan fingerprint density at radius 1 is 1.43 bits per heavy atom. The first kappa shape index (κ1) is 9.93. The molecule has 0 saturated carbocycles. The van der Waals surface area contributed by atoms with E-state index >= 15 is 0 Å². The SMILES string of the molecule is CCN1C(=O)CN(C)C12CCNCC2. The Morgan fingerprint density at radius 2 is 2.07 bits per heavy atom. The predicted octanol–water partition coefficient (Wildman–Crippen LogP) is -0.140. The van der Waals surface area contributed by atoms with E-state index in [0.29, 0.717) is 6.54 Å². The Bertz CT molecular complexity index is 236. The zero-order valence-electron chi connectivity index (χ0n) is 9.05. The molecule has 14 heavy (non-hydrogen) atoms. The highest BCUT2D eigenvalue weighted by Crippen LogP contribution is 2.33. The Balaban J connectivity index is 2.24. The highest BCUT2D eigenvalue weighted by Gasteiger charge is 2.48. The Labute approximate surface area is 85.2 Å². The second-order valence-corrected chi connectivity index (χ2v) is 4.23. The molecule has 2 aliphatic rings. The highest BCUT2D eigenvalue weighted by molar-refractivity contribution is 5.81. The molecular formula is C10H19N3O. The molecule has 0 aromatic carbocycles. The minimum absolute atomic E-state index is 0.0249. The Hall–Kier alpha value is -0.610. The molecule has 2 saturated heterocycles. The van der Waals surface area contributed by atoms with Gasteiger partial charge >= 0.3 is 0 Å². The van der Waals surface area contributed by atoms with Gasteiger partial charge in [-0.05, 0) is 39.9 Å². The van der Waals surface area contributed by atoms with Crippen molar-refractivity contribution in [2.45, 2.75) is 25.4 Å². The Kier molecular flexibility index (Phi) is 2.49. The second-order valence-electron chi connectivity index (χ2n) is 4.23. The summed E-state index contributed by atoms with van der Waals surface area (Å²) >= 11 is 0. The summed E-state index contributed by atoms with van der Waals surface area (Å²) in [6.45, 7) is 5.54. The van der Waals surface area contributed by atoms with Gasteiger partial charge in [0.1, 0.15) is 0 Å². The molecule has 2 aliphatic heterocycles. The van der Waals surface area contributed by atoms with Crippen LogP contribution in [0, 0.1) is 0 Å². The van der Waals surface area contributed by atoms with Crippen LogP contribution >= 0.6 is 0 Å². The van der Waals surface area contributed by atoms with Crippen LogP contribution in [-0.2, 0) is 4.79 Å². The smallest absolute Gasteiger partial charge is 0.238 e. The molecule has 0 aromatic heterocycles. The summed E-state index contributed by atoms with van der Waals surface area (Å²) in [6, 6.07) is 0. The topological polar surface area (TPSA) is 35.6 Å². The van der Waals surface area contributed by atoms with Crippen molar-refractivity contribution in [3.8, 4) is 0 Å². The molecule has 1 spiro atoms. The van der Waals surface area contributed by atoms with Crippen LogP contribution in [0.1, 0.15) is 19.8 Å². The van der Waals surface area contributed by atoms with Gasteiger partial charge in [0.15, 0.2) is 0 Å². The lowest BCUT2D eigenvalue weighted by molar-refractivity contribution is -0.131. The van der Waals surface area contributed by atoms with E-state index in [9.17, 15) is 4.79 Å². The molecule has 4 heteroatoms. The van der Waals surface area contributed by atoms with Gasteiger partial charge in [-0.15, -0.1) is 0 Å². The van der Waals surface area contributed by atoms with Gasteiger partial charge in [0.25, 0.3) is 0 Å². The molecule has 80 valence electrons. The molecule has 2 rings (SSSR count). The fraction of sp³-hybridized carbons (Fsp3) is 0.900. The largest absolute Gasteiger partial charge is 0.323 e. The zero-order chi connectivity index (χ0) is 10.2. The summed E-state index contributed by atoms with van der Waals surface area (Å²) in [4.78, 5) is 16.0. The fourth-order valence-corrected chi connectivity index (χ4v) is 2.82. The predicted molar refractivity (Wildman–Crippen MR) is 54.9 cm³/mol. The minimum Gasteiger partial charge on any atom is -0.323 e. The van der Waals surface area contributed by atoms with E-state index in [0.717, 1.165) is 32.5 Å². The van der Waals surface area contributed by atoms with E-state index in [-0.39, 0.29) is 11.6 Å². The number of amides is 1. The van der Waals surface area contributed by atoms with Gasteiger partial charge in [-0.1, -0.05) is 0 Å².